The van der Waals surface area contributed by atoms with E-state index in [0.717, 1.165) is 5.56 Å². The molecular weight excluding hydrogens is 233 g/mol. The van der Waals surface area contributed by atoms with Crippen molar-refractivity contribution in [3.05, 3.63) is 35.6 Å². The molecule has 1 aromatic rings. The molecule has 3 nitrogen and oxygen atoms in total. The zero-order chi connectivity index (χ0) is 13.1. The normalized spacial score (nSPS) is 24.1. The lowest BCUT2D eigenvalue weighted by Gasteiger charge is -2.36. The lowest BCUT2D eigenvalue weighted by atomic mass is 10.1. The van der Waals surface area contributed by atoms with Crippen LogP contribution in [0.1, 0.15) is 19.4 Å². The Hall–Kier alpha value is -1.42. The van der Waals surface area contributed by atoms with Crippen molar-refractivity contribution >= 4 is 5.91 Å². The molecule has 0 bridgehead atoms. The molecule has 0 aliphatic carbocycles. The SMILES string of the molecule is CC1CN(C(=O)Cc2ccc(F)cc2)C(C)CO1. The van der Waals surface area contributed by atoms with E-state index in [1.54, 1.807) is 12.1 Å². The summed E-state index contributed by atoms with van der Waals surface area (Å²) < 4.78 is 18.3. The fraction of sp³-hybridized carbons (Fsp3) is 0.500. The van der Waals surface area contributed by atoms with Crippen LogP contribution in [-0.4, -0.2) is 36.1 Å². The van der Waals surface area contributed by atoms with Crippen molar-refractivity contribution in [3.63, 3.8) is 0 Å². The van der Waals surface area contributed by atoms with E-state index < -0.39 is 0 Å². The highest BCUT2D eigenvalue weighted by atomic mass is 19.1. The smallest absolute Gasteiger partial charge is 0.227 e. The van der Waals surface area contributed by atoms with Crippen molar-refractivity contribution < 1.29 is 13.9 Å². The fourth-order valence-electron chi connectivity index (χ4n) is 2.13. The summed E-state index contributed by atoms with van der Waals surface area (Å²) >= 11 is 0. The molecular formula is C14H18FNO2. The van der Waals surface area contributed by atoms with Gasteiger partial charge in [-0.15, -0.1) is 0 Å². The summed E-state index contributed by atoms with van der Waals surface area (Å²) in [6, 6.07) is 6.18. The van der Waals surface area contributed by atoms with Gasteiger partial charge in [-0.3, -0.25) is 4.79 Å². The van der Waals surface area contributed by atoms with Gasteiger partial charge in [0.1, 0.15) is 5.82 Å². The van der Waals surface area contributed by atoms with Crippen LogP contribution in [0.4, 0.5) is 4.39 Å². The first-order valence-electron chi connectivity index (χ1n) is 6.22. The van der Waals surface area contributed by atoms with Gasteiger partial charge in [0.2, 0.25) is 5.91 Å². The number of ether oxygens (including phenoxy) is 1. The first-order chi connectivity index (χ1) is 8.56. The summed E-state index contributed by atoms with van der Waals surface area (Å²) in [5.41, 5.74) is 0.841. The van der Waals surface area contributed by atoms with Gasteiger partial charge in [-0.2, -0.15) is 0 Å². The van der Waals surface area contributed by atoms with Crippen LogP contribution in [0.2, 0.25) is 0 Å². The third kappa shape index (κ3) is 3.07. The van der Waals surface area contributed by atoms with Crippen molar-refractivity contribution in [1.82, 2.24) is 4.90 Å². The molecule has 2 rings (SSSR count). The summed E-state index contributed by atoms with van der Waals surface area (Å²) in [5.74, 6) is -0.205. The van der Waals surface area contributed by atoms with Crippen molar-refractivity contribution in [2.24, 2.45) is 0 Å². The molecule has 98 valence electrons. The van der Waals surface area contributed by atoms with Gasteiger partial charge >= 0.3 is 0 Å². The number of amides is 1. The monoisotopic (exact) mass is 251 g/mol. The number of carbonyl (C=O) groups excluding carboxylic acids is 1. The van der Waals surface area contributed by atoms with E-state index in [1.165, 1.54) is 12.1 Å². The van der Waals surface area contributed by atoms with Crippen molar-refractivity contribution in [2.75, 3.05) is 13.2 Å². The summed E-state index contributed by atoms with van der Waals surface area (Å²) in [4.78, 5) is 14.0. The van der Waals surface area contributed by atoms with Gasteiger partial charge in [0.05, 0.1) is 25.2 Å². The standard InChI is InChI=1S/C14H18FNO2/c1-10-9-18-11(2)8-16(10)14(17)7-12-3-5-13(15)6-4-12/h3-6,10-11H,7-9H2,1-2H3. The maximum atomic E-state index is 12.8. The molecule has 1 aliphatic rings. The topological polar surface area (TPSA) is 29.5 Å². The lowest BCUT2D eigenvalue weighted by molar-refractivity contribution is -0.142. The van der Waals surface area contributed by atoms with E-state index in [9.17, 15) is 9.18 Å². The minimum absolute atomic E-state index is 0.0734. The molecule has 1 saturated heterocycles. The van der Waals surface area contributed by atoms with Crippen molar-refractivity contribution in [3.8, 4) is 0 Å². The molecule has 18 heavy (non-hydrogen) atoms. The van der Waals surface area contributed by atoms with E-state index in [4.69, 9.17) is 4.74 Å². The molecule has 1 amide bonds. The highest BCUT2D eigenvalue weighted by Crippen LogP contribution is 2.14. The molecule has 1 fully saturated rings. The summed E-state index contributed by atoms with van der Waals surface area (Å²) in [7, 11) is 0. The minimum atomic E-state index is -0.278. The van der Waals surface area contributed by atoms with Gasteiger partial charge < -0.3 is 9.64 Å². The highest BCUT2D eigenvalue weighted by molar-refractivity contribution is 5.79. The van der Waals surface area contributed by atoms with Crippen LogP contribution in [0.15, 0.2) is 24.3 Å². The molecule has 1 aliphatic heterocycles. The Morgan fingerprint density at radius 1 is 1.39 bits per heavy atom. The molecule has 1 heterocycles. The number of halogens is 1. The Morgan fingerprint density at radius 2 is 2.06 bits per heavy atom. The molecule has 1 aromatic carbocycles. The van der Waals surface area contributed by atoms with Gasteiger partial charge in [0.25, 0.3) is 0 Å². The summed E-state index contributed by atoms with van der Waals surface area (Å²) in [6.07, 6.45) is 0.399. The fourth-order valence-corrected chi connectivity index (χ4v) is 2.13. The van der Waals surface area contributed by atoms with E-state index in [1.807, 2.05) is 18.7 Å². The average molecular weight is 251 g/mol. The lowest BCUT2D eigenvalue weighted by Crippen LogP contribution is -2.50. The Morgan fingerprint density at radius 3 is 2.72 bits per heavy atom. The number of benzene rings is 1. The number of rotatable bonds is 2. The third-order valence-electron chi connectivity index (χ3n) is 3.20. The Bertz CT molecular complexity index is 418. The van der Waals surface area contributed by atoms with Gasteiger partial charge in [0.15, 0.2) is 0 Å². The Balaban J connectivity index is 2.00. The maximum absolute atomic E-state index is 12.8. The van der Waals surface area contributed by atoms with Gasteiger partial charge in [-0.25, -0.2) is 4.39 Å². The van der Waals surface area contributed by atoms with Crippen LogP contribution in [-0.2, 0) is 16.0 Å². The number of morpholine rings is 1. The molecule has 0 radical (unpaired) electrons. The first-order valence-corrected chi connectivity index (χ1v) is 6.22. The van der Waals surface area contributed by atoms with Crippen LogP contribution >= 0.6 is 0 Å². The second kappa shape index (κ2) is 5.48. The number of hydrogen-bond acceptors (Lipinski definition) is 2. The number of nitrogens with zero attached hydrogens (tertiary/aromatic N) is 1. The van der Waals surface area contributed by atoms with Crippen molar-refractivity contribution in [1.29, 1.82) is 0 Å². The highest BCUT2D eigenvalue weighted by Gasteiger charge is 2.27. The van der Waals surface area contributed by atoms with Crippen LogP contribution < -0.4 is 0 Å². The van der Waals surface area contributed by atoms with Crippen LogP contribution in [0.3, 0.4) is 0 Å². The minimum Gasteiger partial charge on any atom is -0.375 e. The van der Waals surface area contributed by atoms with Gasteiger partial charge in [0, 0.05) is 6.54 Å². The van der Waals surface area contributed by atoms with E-state index in [2.05, 4.69) is 0 Å². The first kappa shape index (κ1) is 13.0. The van der Waals surface area contributed by atoms with Crippen LogP contribution in [0.5, 0.6) is 0 Å². The largest absolute Gasteiger partial charge is 0.375 e. The third-order valence-corrected chi connectivity index (χ3v) is 3.20. The molecule has 0 saturated carbocycles. The van der Waals surface area contributed by atoms with Crippen LogP contribution in [0, 0.1) is 5.82 Å². The molecule has 0 aromatic heterocycles. The Labute approximate surface area is 107 Å². The van der Waals surface area contributed by atoms with Crippen molar-refractivity contribution in [2.45, 2.75) is 32.4 Å². The summed E-state index contributed by atoms with van der Waals surface area (Å²) in [5, 5.41) is 0. The molecule has 2 unspecified atom stereocenters. The second-order valence-electron chi connectivity index (χ2n) is 4.84. The predicted octanol–water partition coefficient (Wildman–Crippen LogP) is 2.00. The maximum Gasteiger partial charge on any atom is 0.227 e. The van der Waals surface area contributed by atoms with E-state index in [0.29, 0.717) is 19.6 Å². The summed E-state index contributed by atoms with van der Waals surface area (Å²) in [6.45, 7) is 5.15. The average Bonchev–Trinajstić information content (AvgIpc) is 2.35. The Kier molecular flexibility index (Phi) is 3.97. The zero-order valence-corrected chi connectivity index (χ0v) is 10.7. The number of carbonyl (C=O) groups is 1. The van der Waals surface area contributed by atoms with Gasteiger partial charge in [-0.1, -0.05) is 12.1 Å². The number of hydrogen-bond donors (Lipinski definition) is 0. The predicted molar refractivity (Wildman–Crippen MR) is 66.7 cm³/mol. The van der Waals surface area contributed by atoms with E-state index in [-0.39, 0.29) is 23.9 Å². The second-order valence-corrected chi connectivity index (χ2v) is 4.84. The zero-order valence-electron chi connectivity index (χ0n) is 10.7. The quantitative estimate of drug-likeness (QED) is 0.804. The van der Waals surface area contributed by atoms with E-state index >= 15 is 0 Å². The molecule has 0 spiro atoms. The molecule has 0 N–H and O–H groups in total. The molecule has 4 heteroatoms. The van der Waals surface area contributed by atoms with Gasteiger partial charge in [-0.05, 0) is 31.5 Å². The molecule has 2 atom stereocenters. The van der Waals surface area contributed by atoms with Crippen LogP contribution in [0.25, 0.3) is 0 Å².